The Labute approximate surface area is 85.3 Å². The zero-order valence-electron chi connectivity index (χ0n) is 7.90. The van der Waals surface area contributed by atoms with Crippen molar-refractivity contribution in [1.82, 2.24) is 5.32 Å². The Morgan fingerprint density at radius 2 is 1.87 bits per heavy atom. The van der Waals surface area contributed by atoms with Gasteiger partial charge in [-0.2, -0.15) is 0 Å². The van der Waals surface area contributed by atoms with Crippen LogP contribution in [-0.4, -0.2) is 39.6 Å². The van der Waals surface area contributed by atoms with Crippen molar-refractivity contribution in [2.24, 2.45) is 5.73 Å². The molecule has 0 aromatic rings. The minimum absolute atomic E-state index is 0.498. The molecule has 1 aliphatic carbocycles. The Balaban J connectivity index is 2.54. The smallest absolute Gasteiger partial charge is 0.326 e. The first-order valence-corrected chi connectivity index (χ1v) is 4.39. The lowest BCUT2D eigenvalue weighted by Crippen LogP contribution is -2.50. The number of carboxylic acid groups (broad SMARTS) is 2. The number of amides is 1. The molecule has 1 amide bonds. The van der Waals surface area contributed by atoms with Gasteiger partial charge in [-0.1, -0.05) is 0 Å². The van der Waals surface area contributed by atoms with Crippen LogP contribution in [0.5, 0.6) is 0 Å². The Kier molecular flexibility index (Phi) is 2.94. The van der Waals surface area contributed by atoms with E-state index in [1.807, 2.05) is 0 Å². The number of carboxylic acids is 2. The summed E-state index contributed by atoms with van der Waals surface area (Å²) in [6.45, 7) is 0. The van der Waals surface area contributed by atoms with Crippen LogP contribution < -0.4 is 11.1 Å². The van der Waals surface area contributed by atoms with Crippen molar-refractivity contribution in [1.29, 1.82) is 0 Å². The van der Waals surface area contributed by atoms with Crippen molar-refractivity contribution < 1.29 is 24.6 Å². The average Bonchev–Trinajstić information content (AvgIpc) is 2.82. The summed E-state index contributed by atoms with van der Waals surface area (Å²) < 4.78 is 0. The third-order valence-electron chi connectivity index (χ3n) is 2.22. The standard InChI is InChI=1S/C8H12N2O5/c9-8(1-2-8)7(15)10-4(6(13)14)3-5(11)12/h4H,1-3,9H2,(H,10,15)(H,11,12)(H,13,14). The summed E-state index contributed by atoms with van der Waals surface area (Å²) in [5.41, 5.74) is 4.52. The molecule has 0 aliphatic heterocycles. The van der Waals surface area contributed by atoms with E-state index in [2.05, 4.69) is 5.32 Å². The van der Waals surface area contributed by atoms with Crippen LogP contribution in [0.3, 0.4) is 0 Å². The van der Waals surface area contributed by atoms with Crippen molar-refractivity contribution in [3.8, 4) is 0 Å². The van der Waals surface area contributed by atoms with E-state index in [0.29, 0.717) is 12.8 Å². The van der Waals surface area contributed by atoms with E-state index in [9.17, 15) is 14.4 Å². The van der Waals surface area contributed by atoms with Crippen molar-refractivity contribution in [2.75, 3.05) is 0 Å². The molecule has 15 heavy (non-hydrogen) atoms. The fraction of sp³-hybridized carbons (Fsp3) is 0.625. The molecule has 1 rings (SSSR count). The first-order chi connectivity index (χ1) is 6.85. The first-order valence-electron chi connectivity index (χ1n) is 4.39. The van der Waals surface area contributed by atoms with Crippen LogP contribution in [0, 0.1) is 0 Å². The highest BCUT2D eigenvalue weighted by Gasteiger charge is 2.47. The van der Waals surface area contributed by atoms with E-state index in [1.54, 1.807) is 0 Å². The highest BCUT2D eigenvalue weighted by atomic mass is 16.4. The molecule has 7 heteroatoms. The quantitative estimate of drug-likeness (QED) is 0.443. The summed E-state index contributed by atoms with van der Waals surface area (Å²) in [6, 6.07) is -1.42. The third kappa shape index (κ3) is 2.91. The van der Waals surface area contributed by atoms with Crippen molar-refractivity contribution in [3.63, 3.8) is 0 Å². The van der Waals surface area contributed by atoms with E-state index < -0.39 is 35.8 Å². The SMILES string of the molecule is NC1(C(=O)NC(CC(=O)O)C(=O)O)CC1. The number of carbonyl (C=O) groups is 3. The number of hydrogen-bond donors (Lipinski definition) is 4. The second-order valence-electron chi connectivity index (χ2n) is 3.62. The highest BCUT2D eigenvalue weighted by molar-refractivity contribution is 5.93. The summed E-state index contributed by atoms with van der Waals surface area (Å²) in [4.78, 5) is 32.2. The molecule has 0 aromatic heterocycles. The van der Waals surface area contributed by atoms with Crippen molar-refractivity contribution in [2.45, 2.75) is 30.8 Å². The molecule has 1 atom stereocenters. The Morgan fingerprint density at radius 3 is 2.20 bits per heavy atom. The summed E-state index contributed by atoms with van der Waals surface area (Å²) in [5, 5.41) is 19.2. The van der Waals surface area contributed by atoms with Gasteiger partial charge in [0.25, 0.3) is 0 Å². The molecule has 0 spiro atoms. The van der Waals surface area contributed by atoms with Gasteiger partial charge in [0.1, 0.15) is 6.04 Å². The van der Waals surface area contributed by atoms with Gasteiger partial charge in [-0.05, 0) is 12.8 Å². The lowest BCUT2D eigenvalue weighted by atomic mass is 10.2. The molecule has 1 unspecified atom stereocenters. The molecule has 84 valence electrons. The van der Waals surface area contributed by atoms with Gasteiger partial charge >= 0.3 is 11.9 Å². The summed E-state index contributed by atoms with van der Waals surface area (Å²) in [5.74, 6) is -3.27. The Bertz CT molecular complexity index is 310. The van der Waals surface area contributed by atoms with Gasteiger partial charge in [-0.15, -0.1) is 0 Å². The molecule has 0 bridgehead atoms. The fourth-order valence-corrected chi connectivity index (χ4v) is 1.04. The molecule has 5 N–H and O–H groups in total. The van der Waals surface area contributed by atoms with Gasteiger partial charge in [0.05, 0.1) is 12.0 Å². The summed E-state index contributed by atoms with van der Waals surface area (Å²) >= 11 is 0. The Morgan fingerprint density at radius 1 is 1.33 bits per heavy atom. The molecule has 0 saturated heterocycles. The number of nitrogens with two attached hydrogens (primary N) is 1. The molecule has 0 aromatic carbocycles. The van der Waals surface area contributed by atoms with E-state index >= 15 is 0 Å². The van der Waals surface area contributed by atoms with Crippen LogP contribution in [-0.2, 0) is 14.4 Å². The predicted molar refractivity (Wildman–Crippen MR) is 48.0 cm³/mol. The lowest BCUT2D eigenvalue weighted by Gasteiger charge is -2.15. The van der Waals surface area contributed by atoms with Gasteiger partial charge < -0.3 is 21.3 Å². The first kappa shape index (κ1) is 11.4. The second-order valence-corrected chi connectivity index (χ2v) is 3.62. The fourth-order valence-electron chi connectivity index (χ4n) is 1.04. The van der Waals surface area contributed by atoms with Crippen LogP contribution in [0.2, 0.25) is 0 Å². The molecule has 1 fully saturated rings. The van der Waals surface area contributed by atoms with Crippen LogP contribution in [0.25, 0.3) is 0 Å². The van der Waals surface area contributed by atoms with Crippen LogP contribution in [0.1, 0.15) is 19.3 Å². The second kappa shape index (κ2) is 3.85. The molecular weight excluding hydrogens is 204 g/mol. The van der Waals surface area contributed by atoms with Crippen LogP contribution >= 0.6 is 0 Å². The zero-order valence-corrected chi connectivity index (χ0v) is 7.90. The van der Waals surface area contributed by atoms with Crippen LogP contribution in [0.4, 0.5) is 0 Å². The maximum Gasteiger partial charge on any atom is 0.326 e. The minimum Gasteiger partial charge on any atom is -0.481 e. The Hall–Kier alpha value is -1.63. The summed E-state index contributed by atoms with van der Waals surface area (Å²) in [6.07, 6.45) is 0.341. The lowest BCUT2D eigenvalue weighted by molar-refractivity contribution is -0.147. The monoisotopic (exact) mass is 216 g/mol. The number of hydrogen-bond acceptors (Lipinski definition) is 4. The molecule has 1 aliphatic rings. The van der Waals surface area contributed by atoms with Gasteiger partial charge in [-0.3, -0.25) is 9.59 Å². The third-order valence-corrected chi connectivity index (χ3v) is 2.22. The molecule has 7 nitrogen and oxygen atoms in total. The zero-order chi connectivity index (χ0) is 11.6. The number of rotatable bonds is 5. The van der Waals surface area contributed by atoms with Crippen molar-refractivity contribution >= 4 is 17.8 Å². The van der Waals surface area contributed by atoms with E-state index in [0.717, 1.165) is 0 Å². The topological polar surface area (TPSA) is 130 Å². The molecular formula is C8H12N2O5. The van der Waals surface area contributed by atoms with E-state index in [1.165, 1.54) is 0 Å². The highest BCUT2D eigenvalue weighted by Crippen LogP contribution is 2.32. The predicted octanol–water partition coefficient (Wildman–Crippen LogP) is -1.48. The molecule has 1 saturated carbocycles. The number of aliphatic carboxylic acids is 2. The van der Waals surface area contributed by atoms with Gasteiger partial charge in [-0.25, -0.2) is 4.79 Å². The molecule has 0 radical (unpaired) electrons. The van der Waals surface area contributed by atoms with Gasteiger partial charge in [0.15, 0.2) is 0 Å². The van der Waals surface area contributed by atoms with Crippen molar-refractivity contribution in [3.05, 3.63) is 0 Å². The number of nitrogens with one attached hydrogen (secondary N) is 1. The maximum absolute atomic E-state index is 11.3. The van der Waals surface area contributed by atoms with E-state index in [4.69, 9.17) is 15.9 Å². The maximum atomic E-state index is 11.3. The minimum atomic E-state index is -1.42. The summed E-state index contributed by atoms with van der Waals surface area (Å²) in [7, 11) is 0. The van der Waals surface area contributed by atoms with Gasteiger partial charge in [0.2, 0.25) is 5.91 Å². The largest absolute Gasteiger partial charge is 0.481 e. The van der Waals surface area contributed by atoms with E-state index in [-0.39, 0.29) is 0 Å². The normalized spacial score (nSPS) is 19.0. The van der Waals surface area contributed by atoms with Crippen LogP contribution in [0.15, 0.2) is 0 Å². The molecule has 0 heterocycles. The van der Waals surface area contributed by atoms with Gasteiger partial charge in [0, 0.05) is 0 Å². The number of carbonyl (C=O) groups excluding carboxylic acids is 1. The average molecular weight is 216 g/mol.